The van der Waals surface area contributed by atoms with Crippen molar-refractivity contribution in [2.24, 2.45) is 5.41 Å². The number of pyridine rings is 2. The quantitative estimate of drug-likeness (QED) is 0.114. The van der Waals surface area contributed by atoms with Crippen LogP contribution in [0.3, 0.4) is 0 Å². The van der Waals surface area contributed by atoms with Gasteiger partial charge in [0.1, 0.15) is 46.8 Å². The number of alkyl halides is 2. The number of cyclic esters (lactones) is 1. The Hall–Kier alpha value is -10.2. The standard InChI is InChI=1S/C12H15FO.C11H14FN.C10H10F2O.C10H11FO.C10H12O2.C10H10O2.2C10H12O.2C9H11NO/c1-11(2)9-6-5-8(13)7-10(9)12(3,4)14-11;1-11(2)7-13(8-11)10-5-3-9(12)4-6-10;1-9(2)7-5-3-4-6-8(7)10(11,12)13-9;1-10(2)8-4-3-5-9(11)7(8)6-12-10;1-10(2)7-11-8-5-3-4-6-9(8)12-10;1-10(2)8-6-4-3-5-7(8)9(11)12-10;1-10(2)7-11-9-6-4-3-5-8(9)10;1-10(2)9-6-4-3-5-8(9)7-11-10;1-9(2)6-11-7-4-3-5-10-8(7)9;1-9(2)6-11-8-7(9)4-3-5-10-8/h5-7H,1-4H3;3-6H,7-8H2,1-2H3;3-6H,1-2H3;3-5H,6H2,1-2H3;3-6H,7H2,1-2H3;3-6H,1-2H3;2*3-6H,7H2,1-2H3;2*3-5H,6H2,1-2H3. The lowest BCUT2D eigenvalue weighted by Crippen LogP contribution is -2.53. The summed E-state index contributed by atoms with van der Waals surface area (Å²) in [6, 6.07) is 62.9. The van der Waals surface area contributed by atoms with Crippen LogP contribution in [0.15, 0.2) is 219 Å². The van der Waals surface area contributed by atoms with E-state index >= 15 is 0 Å². The van der Waals surface area contributed by atoms with E-state index in [2.05, 4.69) is 131 Å². The van der Waals surface area contributed by atoms with E-state index in [-0.39, 0.29) is 73.2 Å². The molecule has 0 bridgehead atoms. The van der Waals surface area contributed by atoms with Crippen molar-refractivity contribution in [2.75, 3.05) is 44.4 Å². The molecular weight excluding hydrogens is 1530 g/mol. The molecule has 0 amide bonds. The van der Waals surface area contributed by atoms with Crippen molar-refractivity contribution in [3.63, 3.8) is 0 Å². The average molecular weight is 1650 g/mol. The second-order valence-corrected chi connectivity index (χ2v) is 37.8. The minimum Gasteiger partial charge on any atom is -0.492 e. The number of rotatable bonds is 1. The number of benzene rings is 8. The van der Waals surface area contributed by atoms with Gasteiger partial charge in [0.2, 0.25) is 5.88 Å². The summed E-state index contributed by atoms with van der Waals surface area (Å²) in [5, 5.41) is 0. The van der Waals surface area contributed by atoms with Crippen molar-refractivity contribution in [3.8, 4) is 28.9 Å². The fourth-order valence-corrected chi connectivity index (χ4v) is 15.9. The molecule has 1 saturated heterocycles. The molecule has 14 nitrogen and oxygen atoms in total. The summed E-state index contributed by atoms with van der Waals surface area (Å²) < 4.78 is 120. The van der Waals surface area contributed by atoms with Crippen LogP contribution >= 0.6 is 0 Å². The number of hydrogen-bond donors (Lipinski definition) is 0. The van der Waals surface area contributed by atoms with Crippen LogP contribution in [-0.4, -0.2) is 61.1 Å². The van der Waals surface area contributed by atoms with Crippen molar-refractivity contribution in [1.82, 2.24) is 9.97 Å². The van der Waals surface area contributed by atoms with E-state index in [1.165, 1.54) is 52.6 Å². The maximum atomic E-state index is 13.2. The summed E-state index contributed by atoms with van der Waals surface area (Å²) in [4.78, 5) is 21.9. The SMILES string of the molecule is CC1(C)CN(c2ccc(F)cc2)C1.CC1(C)COc2ccccc21.CC1(C)COc2ccccc2O1.CC1(C)COc2cccnc21.CC1(C)COc2ncccc21.CC1(C)OC(=O)c2ccccc21.CC1(C)OC(C)(C)c2cc(F)ccc21.CC1(C)OC(F)(F)c2ccccc21.CC1(C)OCc2c(F)cccc21.CC1(C)OCc2ccccc21. The molecule has 8 aromatic carbocycles. The van der Waals surface area contributed by atoms with Crippen molar-refractivity contribution in [3.05, 3.63) is 309 Å². The maximum Gasteiger partial charge on any atom is 0.384 e. The van der Waals surface area contributed by atoms with Crippen LogP contribution in [0.1, 0.15) is 230 Å². The molecule has 0 N–H and O–H groups in total. The lowest BCUT2D eigenvalue weighted by atomic mass is 9.84. The molecule has 2 aromatic heterocycles. The smallest absolute Gasteiger partial charge is 0.384 e. The monoisotopic (exact) mass is 1640 g/mol. The Balaban J connectivity index is 0.000000131. The second-order valence-electron chi connectivity index (χ2n) is 37.8. The molecule has 120 heavy (non-hydrogen) atoms. The Kier molecular flexibility index (Phi) is 26.5. The van der Waals surface area contributed by atoms with Crippen LogP contribution in [0.4, 0.5) is 27.6 Å². The van der Waals surface area contributed by atoms with Crippen molar-refractivity contribution in [2.45, 2.75) is 227 Å². The molecule has 0 radical (unpaired) electrons. The number of anilines is 1. The van der Waals surface area contributed by atoms with E-state index in [0.29, 0.717) is 35.3 Å². The topological polar surface area (TPSA) is 138 Å². The Bertz CT molecular complexity index is 4960. The van der Waals surface area contributed by atoms with Gasteiger partial charge in [0.25, 0.3) is 0 Å². The van der Waals surface area contributed by atoms with Crippen LogP contribution < -0.4 is 28.6 Å². The lowest BCUT2D eigenvalue weighted by molar-refractivity contribution is -0.281. The number of halogens is 5. The summed E-state index contributed by atoms with van der Waals surface area (Å²) >= 11 is 0. The van der Waals surface area contributed by atoms with Gasteiger partial charge in [-0.15, -0.1) is 0 Å². The van der Waals surface area contributed by atoms with E-state index in [9.17, 15) is 26.7 Å². The van der Waals surface area contributed by atoms with Gasteiger partial charge in [-0.2, -0.15) is 8.78 Å². The summed E-state index contributed by atoms with van der Waals surface area (Å²) in [5.41, 5.74) is 11.6. The summed E-state index contributed by atoms with van der Waals surface area (Å²) in [5.74, 6) is 3.76. The van der Waals surface area contributed by atoms with Gasteiger partial charge in [-0.3, -0.25) is 4.98 Å². The number of hydrogen-bond acceptors (Lipinski definition) is 14. The van der Waals surface area contributed by atoms with Crippen LogP contribution in [0, 0.1) is 22.9 Å². The zero-order valence-electron chi connectivity index (χ0n) is 73.7. The Morgan fingerprint density at radius 1 is 0.358 bits per heavy atom. The number of ether oxygens (including phenoxy) is 10. The third-order valence-corrected chi connectivity index (χ3v) is 22.3. The molecule has 12 heterocycles. The van der Waals surface area contributed by atoms with E-state index < -0.39 is 17.3 Å². The minimum atomic E-state index is -3.14. The van der Waals surface area contributed by atoms with Gasteiger partial charge in [0.05, 0.1) is 77.9 Å². The zero-order chi connectivity index (χ0) is 87.5. The highest BCUT2D eigenvalue weighted by Crippen LogP contribution is 2.50. The maximum absolute atomic E-state index is 13.2. The third-order valence-electron chi connectivity index (χ3n) is 22.3. The fourth-order valence-electron chi connectivity index (χ4n) is 15.9. The molecule has 10 aliphatic rings. The lowest BCUT2D eigenvalue weighted by Gasteiger charge is -2.47. The van der Waals surface area contributed by atoms with Crippen LogP contribution in [0.25, 0.3) is 0 Å². The Morgan fingerprint density at radius 2 is 0.842 bits per heavy atom. The number of carbonyl (C=O) groups excluding carboxylic acids is 1. The van der Waals surface area contributed by atoms with Gasteiger partial charge in [0.15, 0.2) is 11.5 Å². The Morgan fingerprint density at radius 3 is 1.47 bits per heavy atom. The minimum absolute atomic E-state index is 0.0139. The van der Waals surface area contributed by atoms with Crippen molar-refractivity contribution < 1.29 is 74.1 Å². The van der Waals surface area contributed by atoms with Gasteiger partial charge in [-0.05, 0) is 227 Å². The van der Waals surface area contributed by atoms with Gasteiger partial charge >= 0.3 is 12.1 Å². The van der Waals surface area contributed by atoms with Gasteiger partial charge in [0, 0.05) is 69.7 Å². The predicted molar refractivity (Wildman–Crippen MR) is 461 cm³/mol. The first-order valence-corrected chi connectivity index (χ1v) is 41.0. The molecule has 10 aliphatic heterocycles. The number of esters is 1. The van der Waals surface area contributed by atoms with Crippen LogP contribution in [0.5, 0.6) is 28.9 Å². The number of para-hydroxylation sites is 3. The zero-order valence-corrected chi connectivity index (χ0v) is 73.7. The Labute approximate surface area is 706 Å². The molecule has 0 spiro atoms. The van der Waals surface area contributed by atoms with E-state index in [1.54, 1.807) is 56.4 Å². The van der Waals surface area contributed by atoms with E-state index in [0.717, 1.165) is 102 Å². The highest BCUT2D eigenvalue weighted by Gasteiger charge is 2.51. The molecule has 19 heteroatoms. The molecule has 0 unspecified atom stereocenters. The highest BCUT2D eigenvalue weighted by atomic mass is 19.3. The first kappa shape index (κ1) is 90.6. The molecule has 638 valence electrons. The highest BCUT2D eigenvalue weighted by molar-refractivity contribution is 5.94. The number of fused-ring (bicyclic) bond motifs is 9. The molecule has 0 atom stereocenters. The molecule has 20 rings (SSSR count). The van der Waals surface area contributed by atoms with Gasteiger partial charge in [-0.1, -0.05) is 171 Å². The fraction of sp³-hybridized carbons (Fsp3) is 0.416. The average Bonchev–Trinajstić information content (AvgIpc) is 1.59. The molecule has 0 saturated carbocycles. The van der Waals surface area contributed by atoms with Crippen LogP contribution in [-0.2, 0) is 92.9 Å². The molecule has 1 fully saturated rings. The first-order chi connectivity index (χ1) is 56.0. The van der Waals surface area contributed by atoms with E-state index in [4.69, 9.17) is 42.6 Å². The van der Waals surface area contributed by atoms with Crippen molar-refractivity contribution >= 4 is 11.7 Å². The number of aromatic nitrogens is 2. The predicted octanol–water partition coefficient (Wildman–Crippen LogP) is 24.2. The van der Waals surface area contributed by atoms with Gasteiger partial charge < -0.3 is 52.3 Å². The molecule has 10 aromatic rings. The first-order valence-electron chi connectivity index (χ1n) is 41.0. The normalized spacial score (nSPS) is 19.9. The summed E-state index contributed by atoms with van der Waals surface area (Å²) in [7, 11) is 0. The number of carbonyl (C=O) groups is 1. The third kappa shape index (κ3) is 21.4. The van der Waals surface area contributed by atoms with E-state index in [1.807, 2.05) is 172 Å². The van der Waals surface area contributed by atoms with Crippen molar-refractivity contribution in [1.29, 1.82) is 0 Å². The summed E-state index contributed by atoms with van der Waals surface area (Å²) in [6.07, 6.45) is 0.440. The molecule has 0 aliphatic carbocycles. The summed E-state index contributed by atoms with van der Waals surface area (Å²) in [6.45, 7) is 51.0. The van der Waals surface area contributed by atoms with Crippen LogP contribution in [0.2, 0.25) is 0 Å². The second kappa shape index (κ2) is 35.1. The largest absolute Gasteiger partial charge is 0.492 e. The number of nitrogens with zero attached hydrogens (tertiary/aromatic N) is 3. The van der Waals surface area contributed by atoms with Gasteiger partial charge in [-0.25, -0.2) is 22.9 Å². The molecular formula is C101H118F5N3O11.